The Morgan fingerprint density at radius 2 is 1.77 bits per heavy atom. The number of carboxylic acid groups (broad SMARTS) is 1. The zero-order chi connectivity index (χ0) is 38.0. The maximum absolute atomic E-state index is 13.6. The monoisotopic (exact) mass is 728 g/mol. The van der Waals surface area contributed by atoms with Gasteiger partial charge in [-0.2, -0.15) is 5.10 Å². The third kappa shape index (κ3) is 5.10. The molecule has 0 amide bonds. The summed E-state index contributed by atoms with van der Waals surface area (Å²) in [4.78, 5) is 22.7. The van der Waals surface area contributed by atoms with Gasteiger partial charge >= 0.3 is 5.97 Å². The standard InChI is InChI=1S/C44H65N5O4/c1-27(2)28(3)39(5)18-19-41(7)30-10-11-33-40(6)23-52-25-44(33,31(30)12-15-42(41,8)34(39)37(50)51)22-32(35(40)53-24-43(9,45)38(4)16-17-38)49-36(47-26-48-49)29-13-20-46-21-14-29/h12-14,20-21,26-28,30,32-35H,10-11,15-19,22-25,45H2,1-9H3,(H,50,51)/t28-,30+,32-,33+,34-,35+,39-,40-,41-,42+,43+,44+/m1/s1. The van der Waals surface area contributed by atoms with E-state index >= 15 is 0 Å². The Bertz CT molecular complexity index is 1770. The Kier molecular flexibility index (Phi) is 8.58. The Labute approximate surface area is 317 Å². The molecule has 8 rings (SSSR count). The first-order chi connectivity index (χ1) is 24.9. The first kappa shape index (κ1) is 37.3. The van der Waals surface area contributed by atoms with Gasteiger partial charge < -0.3 is 20.3 Å². The molecule has 3 heterocycles. The van der Waals surface area contributed by atoms with Crippen molar-refractivity contribution < 1.29 is 19.4 Å². The molecular formula is C44H65N5O4. The number of rotatable bonds is 9. The molecule has 9 nitrogen and oxygen atoms in total. The highest BCUT2D eigenvalue weighted by Gasteiger charge is 2.72. The second-order valence-electron chi connectivity index (χ2n) is 20.6. The van der Waals surface area contributed by atoms with Crippen molar-refractivity contribution in [2.75, 3.05) is 19.8 Å². The molecule has 1 saturated heterocycles. The van der Waals surface area contributed by atoms with Gasteiger partial charge in [0.15, 0.2) is 5.82 Å². The van der Waals surface area contributed by atoms with Gasteiger partial charge in [0.25, 0.3) is 0 Å². The highest BCUT2D eigenvalue weighted by molar-refractivity contribution is 5.73. The number of fused-ring (bicyclic) bond motifs is 3. The molecule has 0 spiro atoms. The van der Waals surface area contributed by atoms with Crippen molar-refractivity contribution in [2.24, 2.45) is 67.8 Å². The first-order valence-corrected chi connectivity index (χ1v) is 20.6. The summed E-state index contributed by atoms with van der Waals surface area (Å²) >= 11 is 0. The van der Waals surface area contributed by atoms with E-state index in [2.05, 4.69) is 78.1 Å². The molecule has 0 unspecified atom stereocenters. The predicted molar refractivity (Wildman–Crippen MR) is 206 cm³/mol. The van der Waals surface area contributed by atoms with Crippen LogP contribution < -0.4 is 5.73 Å². The second kappa shape index (κ2) is 12.2. The van der Waals surface area contributed by atoms with Crippen LogP contribution in [0.2, 0.25) is 0 Å². The quantitative estimate of drug-likeness (QED) is 0.247. The van der Waals surface area contributed by atoms with Crippen molar-refractivity contribution in [1.29, 1.82) is 0 Å². The lowest BCUT2D eigenvalue weighted by molar-refractivity contribution is -0.252. The minimum atomic E-state index is -0.620. The summed E-state index contributed by atoms with van der Waals surface area (Å²) in [5.74, 6) is 1.17. The molecule has 0 radical (unpaired) electrons. The Morgan fingerprint density at radius 3 is 2.43 bits per heavy atom. The fraction of sp³-hybridized carbons (Fsp3) is 0.773. The summed E-state index contributed by atoms with van der Waals surface area (Å²) in [6.45, 7) is 22.5. The van der Waals surface area contributed by atoms with Crippen molar-refractivity contribution in [2.45, 2.75) is 131 Å². The third-order valence-electron chi connectivity index (χ3n) is 17.9. The van der Waals surface area contributed by atoms with Crippen LogP contribution >= 0.6 is 0 Å². The van der Waals surface area contributed by atoms with E-state index in [0.29, 0.717) is 43.5 Å². The molecular weight excluding hydrogens is 663 g/mol. The Balaban J connectivity index is 1.24. The molecule has 9 heteroatoms. The smallest absolute Gasteiger partial charge is 0.307 e. The summed E-state index contributed by atoms with van der Waals surface area (Å²) < 4.78 is 16.2. The molecule has 1 aliphatic heterocycles. The number of allylic oxidation sites excluding steroid dienone is 1. The molecule has 0 aromatic carbocycles. The van der Waals surface area contributed by atoms with Crippen LogP contribution in [0, 0.1) is 62.1 Å². The molecule has 3 N–H and O–H groups in total. The van der Waals surface area contributed by atoms with E-state index in [9.17, 15) is 9.90 Å². The van der Waals surface area contributed by atoms with E-state index < -0.39 is 17.4 Å². The van der Waals surface area contributed by atoms with Crippen molar-refractivity contribution in [3.05, 3.63) is 42.5 Å². The fourth-order valence-electron chi connectivity index (χ4n) is 13.5. The minimum Gasteiger partial charge on any atom is -0.481 e. The number of hydrogen-bond acceptors (Lipinski definition) is 7. The van der Waals surface area contributed by atoms with Crippen LogP contribution in [-0.4, -0.2) is 62.3 Å². The molecule has 290 valence electrons. The van der Waals surface area contributed by atoms with Crippen molar-refractivity contribution >= 4 is 5.97 Å². The average molecular weight is 728 g/mol. The number of nitrogens with zero attached hydrogens (tertiary/aromatic N) is 4. The SMILES string of the molecule is CC(C)[C@@H](C)[C@@]1(C)CC[C@]2(C)[C@H]3CC[C@@H]4[C@@]5(COC[C@@]4(C)[C@@H](OC[C@](C)(N)C4(C)CC4)[C@H](n4ncnc4-c4ccncc4)C5)C3=CC[C@@]2(C)[C@@H]1C(=O)O. The van der Waals surface area contributed by atoms with E-state index in [1.54, 1.807) is 6.33 Å². The number of aliphatic carboxylic acids is 1. The first-order valence-electron chi connectivity index (χ1n) is 20.6. The minimum absolute atomic E-state index is 0.0876. The maximum atomic E-state index is 13.6. The number of nitrogens with two attached hydrogens (primary N) is 1. The van der Waals surface area contributed by atoms with Gasteiger partial charge in [0.1, 0.15) is 6.33 Å². The molecule has 12 atom stereocenters. The third-order valence-corrected chi connectivity index (χ3v) is 17.9. The summed E-state index contributed by atoms with van der Waals surface area (Å²) in [5, 5.41) is 16.1. The van der Waals surface area contributed by atoms with Crippen LogP contribution in [0.3, 0.4) is 0 Å². The fourth-order valence-corrected chi connectivity index (χ4v) is 13.5. The molecule has 4 saturated carbocycles. The summed E-state index contributed by atoms with van der Waals surface area (Å²) in [5.41, 5.74) is 7.93. The van der Waals surface area contributed by atoms with E-state index in [4.69, 9.17) is 25.3 Å². The second-order valence-corrected chi connectivity index (χ2v) is 20.6. The van der Waals surface area contributed by atoms with E-state index in [1.165, 1.54) is 5.57 Å². The van der Waals surface area contributed by atoms with Crippen molar-refractivity contribution in [3.63, 3.8) is 0 Å². The molecule has 53 heavy (non-hydrogen) atoms. The largest absolute Gasteiger partial charge is 0.481 e. The van der Waals surface area contributed by atoms with E-state index in [-0.39, 0.29) is 44.6 Å². The average Bonchev–Trinajstić information content (AvgIpc) is 3.69. The van der Waals surface area contributed by atoms with Gasteiger partial charge in [0.2, 0.25) is 0 Å². The number of ether oxygens (including phenoxy) is 2. The van der Waals surface area contributed by atoms with Gasteiger partial charge in [-0.1, -0.05) is 67.0 Å². The van der Waals surface area contributed by atoms with Crippen LogP contribution in [0.1, 0.15) is 120 Å². The van der Waals surface area contributed by atoms with Crippen LogP contribution in [0.4, 0.5) is 0 Å². The molecule has 2 aromatic heterocycles. The van der Waals surface area contributed by atoms with Gasteiger partial charge in [-0.05, 0) is 116 Å². The Morgan fingerprint density at radius 1 is 1.06 bits per heavy atom. The summed E-state index contributed by atoms with van der Waals surface area (Å²) in [7, 11) is 0. The lowest BCUT2D eigenvalue weighted by Gasteiger charge is -2.71. The zero-order valence-electron chi connectivity index (χ0n) is 33.8. The normalized spacial score (nSPS) is 43.1. The van der Waals surface area contributed by atoms with Crippen LogP contribution in [0.15, 0.2) is 42.5 Å². The molecule has 5 aliphatic carbocycles. The number of carboxylic acids is 1. The van der Waals surface area contributed by atoms with E-state index in [1.807, 2.05) is 24.5 Å². The van der Waals surface area contributed by atoms with Crippen molar-refractivity contribution in [3.8, 4) is 11.4 Å². The summed E-state index contributed by atoms with van der Waals surface area (Å²) in [6, 6.07) is 3.92. The number of hydrogen-bond donors (Lipinski definition) is 2. The summed E-state index contributed by atoms with van der Waals surface area (Å²) in [6.07, 6.45) is 15.6. The highest BCUT2D eigenvalue weighted by atomic mass is 16.5. The van der Waals surface area contributed by atoms with Gasteiger partial charge in [-0.25, -0.2) is 9.67 Å². The van der Waals surface area contributed by atoms with Gasteiger partial charge in [0, 0.05) is 34.3 Å². The number of pyridine rings is 1. The van der Waals surface area contributed by atoms with E-state index in [0.717, 1.165) is 62.8 Å². The van der Waals surface area contributed by atoms with Gasteiger partial charge in [-0.15, -0.1) is 0 Å². The predicted octanol–water partition coefficient (Wildman–Crippen LogP) is 8.37. The van der Waals surface area contributed by atoms with Gasteiger partial charge in [-0.3, -0.25) is 9.78 Å². The molecule has 6 aliphatic rings. The van der Waals surface area contributed by atoms with Crippen LogP contribution in [0.25, 0.3) is 11.4 Å². The number of carbonyl (C=O) groups is 1. The molecule has 5 fully saturated rings. The lowest BCUT2D eigenvalue weighted by atomic mass is 9.34. The van der Waals surface area contributed by atoms with Crippen LogP contribution in [-0.2, 0) is 14.3 Å². The van der Waals surface area contributed by atoms with Crippen LogP contribution in [0.5, 0.6) is 0 Å². The number of aromatic nitrogens is 4. The Hall–Kier alpha value is -2.62. The van der Waals surface area contributed by atoms with Crippen molar-refractivity contribution in [1.82, 2.24) is 19.7 Å². The molecule has 2 bridgehead atoms. The maximum Gasteiger partial charge on any atom is 0.307 e. The highest BCUT2D eigenvalue weighted by Crippen LogP contribution is 2.75. The zero-order valence-corrected chi connectivity index (χ0v) is 33.8. The topological polar surface area (TPSA) is 125 Å². The lowest BCUT2D eigenvalue weighted by Crippen LogP contribution is -2.69. The van der Waals surface area contributed by atoms with Gasteiger partial charge in [0.05, 0.1) is 37.9 Å². The molecule has 2 aromatic rings.